The molecule has 1 aliphatic heterocycles. The molecule has 1 aromatic rings. The Morgan fingerprint density at radius 1 is 1.47 bits per heavy atom. The number of carbonyl (C=O) groups excluding carboxylic acids is 1. The fraction of sp³-hybridized carbons (Fsp3) is 0.364. The van der Waals surface area contributed by atoms with E-state index in [-0.39, 0.29) is 11.9 Å². The van der Waals surface area contributed by atoms with Crippen LogP contribution in [0, 0.1) is 5.82 Å². The van der Waals surface area contributed by atoms with E-state index < -0.39 is 0 Å². The molecule has 4 heteroatoms. The Labute approximate surface area is 87.9 Å². The summed E-state index contributed by atoms with van der Waals surface area (Å²) in [6, 6.07) is 6.38. The van der Waals surface area contributed by atoms with E-state index in [0.717, 1.165) is 24.9 Å². The zero-order valence-electron chi connectivity index (χ0n) is 8.32. The Kier molecular flexibility index (Phi) is 3.08. The van der Waals surface area contributed by atoms with E-state index in [1.54, 1.807) is 12.1 Å². The molecule has 0 saturated carbocycles. The van der Waals surface area contributed by atoms with Crippen molar-refractivity contribution < 1.29 is 9.18 Å². The van der Waals surface area contributed by atoms with Gasteiger partial charge in [-0.05, 0) is 17.7 Å². The molecule has 1 aromatic carbocycles. The highest BCUT2D eigenvalue weighted by molar-refractivity contribution is 5.58. The molecule has 0 bridgehead atoms. The number of hydrogen-bond acceptors (Lipinski definition) is 3. The maximum Gasteiger partial charge on any atom is 0.138 e. The van der Waals surface area contributed by atoms with Crippen LogP contribution in [0.2, 0.25) is 0 Å². The van der Waals surface area contributed by atoms with Gasteiger partial charge in [0.15, 0.2) is 0 Å². The van der Waals surface area contributed by atoms with Gasteiger partial charge in [-0.15, -0.1) is 0 Å². The maximum absolute atomic E-state index is 12.6. The largest absolute Gasteiger partial charge is 0.302 e. The van der Waals surface area contributed by atoms with Crippen molar-refractivity contribution in [3.63, 3.8) is 0 Å². The summed E-state index contributed by atoms with van der Waals surface area (Å²) in [5.74, 6) is -0.218. The molecule has 1 heterocycles. The molecule has 1 saturated heterocycles. The van der Waals surface area contributed by atoms with Crippen LogP contribution in [0.15, 0.2) is 24.3 Å². The van der Waals surface area contributed by atoms with Crippen LogP contribution in [-0.2, 0) is 11.3 Å². The molecular weight excluding hydrogens is 195 g/mol. The molecule has 1 unspecified atom stereocenters. The van der Waals surface area contributed by atoms with Gasteiger partial charge in [-0.1, -0.05) is 12.1 Å². The van der Waals surface area contributed by atoms with Crippen molar-refractivity contribution in [1.29, 1.82) is 0 Å². The number of rotatable bonds is 3. The van der Waals surface area contributed by atoms with Crippen LogP contribution in [0.4, 0.5) is 4.39 Å². The van der Waals surface area contributed by atoms with Crippen molar-refractivity contribution in [3.05, 3.63) is 35.6 Å². The second kappa shape index (κ2) is 4.51. The SMILES string of the molecule is O=CC1CN(Cc2ccc(F)cc2)CN1. The van der Waals surface area contributed by atoms with Gasteiger partial charge in [0.25, 0.3) is 0 Å². The third-order valence-electron chi connectivity index (χ3n) is 2.52. The number of nitrogens with zero attached hydrogens (tertiary/aromatic N) is 1. The molecular formula is C11H13FN2O. The maximum atomic E-state index is 12.6. The molecule has 80 valence electrons. The number of benzene rings is 1. The first-order chi connectivity index (χ1) is 7.28. The van der Waals surface area contributed by atoms with Crippen molar-refractivity contribution >= 4 is 6.29 Å². The first-order valence-electron chi connectivity index (χ1n) is 4.93. The predicted molar refractivity (Wildman–Crippen MR) is 54.7 cm³/mol. The Hall–Kier alpha value is -1.26. The van der Waals surface area contributed by atoms with Crippen molar-refractivity contribution in [2.75, 3.05) is 13.2 Å². The zero-order chi connectivity index (χ0) is 10.7. The van der Waals surface area contributed by atoms with Gasteiger partial charge < -0.3 is 4.79 Å². The van der Waals surface area contributed by atoms with E-state index in [0.29, 0.717) is 6.67 Å². The van der Waals surface area contributed by atoms with Gasteiger partial charge >= 0.3 is 0 Å². The van der Waals surface area contributed by atoms with Gasteiger partial charge in [0.2, 0.25) is 0 Å². The molecule has 2 rings (SSSR count). The molecule has 1 fully saturated rings. The monoisotopic (exact) mass is 208 g/mol. The Morgan fingerprint density at radius 2 is 2.20 bits per heavy atom. The van der Waals surface area contributed by atoms with Crippen LogP contribution in [0.25, 0.3) is 0 Å². The van der Waals surface area contributed by atoms with Gasteiger partial charge in [-0.3, -0.25) is 10.2 Å². The number of aldehydes is 1. The molecule has 15 heavy (non-hydrogen) atoms. The Balaban J connectivity index is 1.92. The summed E-state index contributed by atoms with van der Waals surface area (Å²) >= 11 is 0. The van der Waals surface area contributed by atoms with Crippen molar-refractivity contribution in [2.24, 2.45) is 0 Å². The van der Waals surface area contributed by atoms with Gasteiger partial charge in [0.05, 0.1) is 6.04 Å². The summed E-state index contributed by atoms with van der Waals surface area (Å²) in [6.07, 6.45) is 0.921. The van der Waals surface area contributed by atoms with E-state index in [1.165, 1.54) is 12.1 Å². The summed E-state index contributed by atoms with van der Waals surface area (Å²) < 4.78 is 12.6. The smallest absolute Gasteiger partial charge is 0.138 e. The van der Waals surface area contributed by atoms with E-state index >= 15 is 0 Å². The van der Waals surface area contributed by atoms with Gasteiger partial charge in [0, 0.05) is 19.8 Å². The van der Waals surface area contributed by atoms with E-state index in [4.69, 9.17) is 0 Å². The van der Waals surface area contributed by atoms with Crippen LogP contribution in [-0.4, -0.2) is 30.4 Å². The second-order valence-electron chi connectivity index (χ2n) is 3.74. The van der Waals surface area contributed by atoms with Crippen LogP contribution < -0.4 is 5.32 Å². The molecule has 3 nitrogen and oxygen atoms in total. The fourth-order valence-electron chi connectivity index (χ4n) is 1.71. The molecule has 1 aliphatic rings. The van der Waals surface area contributed by atoms with Crippen LogP contribution in [0.1, 0.15) is 5.56 Å². The summed E-state index contributed by atoms with van der Waals surface area (Å²) in [5, 5.41) is 3.07. The summed E-state index contributed by atoms with van der Waals surface area (Å²) in [5.41, 5.74) is 1.06. The molecule has 1 N–H and O–H groups in total. The molecule has 0 spiro atoms. The third kappa shape index (κ3) is 2.61. The van der Waals surface area contributed by atoms with E-state index in [1.807, 2.05) is 0 Å². The van der Waals surface area contributed by atoms with Crippen molar-refractivity contribution in [1.82, 2.24) is 10.2 Å². The normalized spacial score (nSPS) is 21.8. The minimum absolute atomic E-state index is 0.0644. The number of nitrogens with one attached hydrogen (secondary N) is 1. The predicted octanol–water partition coefficient (Wildman–Crippen LogP) is 0.756. The van der Waals surface area contributed by atoms with Crippen LogP contribution in [0.5, 0.6) is 0 Å². The lowest BCUT2D eigenvalue weighted by molar-refractivity contribution is -0.109. The van der Waals surface area contributed by atoms with Crippen molar-refractivity contribution in [3.8, 4) is 0 Å². The zero-order valence-corrected chi connectivity index (χ0v) is 8.32. The molecule has 0 aromatic heterocycles. The van der Waals surface area contributed by atoms with Crippen LogP contribution >= 0.6 is 0 Å². The highest BCUT2D eigenvalue weighted by atomic mass is 19.1. The molecule has 0 aliphatic carbocycles. The van der Waals surface area contributed by atoms with Crippen LogP contribution in [0.3, 0.4) is 0 Å². The number of carbonyl (C=O) groups is 1. The Morgan fingerprint density at radius 3 is 2.80 bits per heavy atom. The van der Waals surface area contributed by atoms with Gasteiger partial charge in [-0.2, -0.15) is 0 Å². The first kappa shape index (κ1) is 10.3. The molecule has 0 radical (unpaired) electrons. The average Bonchev–Trinajstić information content (AvgIpc) is 2.69. The minimum Gasteiger partial charge on any atom is -0.302 e. The fourth-order valence-corrected chi connectivity index (χ4v) is 1.71. The first-order valence-corrected chi connectivity index (χ1v) is 4.93. The second-order valence-corrected chi connectivity index (χ2v) is 3.74. The summed E-state index contributed by atoms with van der Waals surface area (Å²) in [4.78, 5) is 12.6. The number of hydrogen-bond donors (Lipinski definition) is 1. The lowest BCUT2D eigenvalue weighted by atomic mass is 10.2. The summed E-state index contributed by atoms with van der Waals surface area (Å²) in [6.45, 7) is 2.18. The topological polar surface area (TPSA) is 32.3 Å². The van der Waals surface area contributed by atoms with Crippen molar-refractivity contribution in [2.45, 2.75) is 12.6 Å². The minimum atomic E-state index is -0.218. The summed E-state index contributed by atoms with van der Waals surface area (Å²) in [7, 11) is 0. The quantitative estimate of drug-likeness (QED) is 0.744. The molecule has 1 atom stereocenters. The van der Waals surface area contributed by atoms with E-state index in [2.05, 4.69) is 10.2 Å². The van der Waals surface area contributed by atoms with Gasteiger partial charge in [0.1, 0.15) is 12.1 Å². The molecule has 0 amide bonds. The highest BCUT2D eigenvalue weighted by Crippen LogP contribution is 2.08. The Bertz CT molecular complexity index is 339. The highest BCUT2D eigenvalue weighted by Gasteiger charge is 2.20. The average molecular weight is 208 g/mol. The lowest BCUT2D eigenvalue weighted by Gasteiger charge is -2.13. The standard InChI is InChI=1S/C11H13FN2O/c12-10-3-1-9(2-4-10)5-14-6-11(7-15)13-8-14/h1-4,7,11,13H,5-6,8H2. The number of halogens is 1. The third-order valence-corrected chi connectivity index (χ3v) is 2.52. The van der Waals surface area contributed by atoms with E-state index in [9.17, 15) is 9.18 Å². The van der Waals surface area contributed by atoms with Gasteiger partial charge in [-0.25, -0.2) is 4.39 Å². The lowest BCUT2D eigenvalue weighted by Crippen LogP contribution is -2.24.